The van der Waals surface area contributed by atoms with Crippen LogP contribution in [0.25, 0.3) is 0 Å². The van der Waals surface area contributed by atoms with Crippen molar-refractivity contribution in [2.75, 3.05) is 13.1 Å². The van der Waals surface area contributed by atoms with Crippen LogP contribution in [0.5, 0.6) is 0 Å². The Kier molecular flexibility index (Phi) is 5.93. The van der Waals surface area contributed by atoms with E-state index in [9.17, 15) is 13.2 Å². The molecule has 148 valence electrons. The molecular formula is C19H22N4O4S. The highest BCUT2D eigenvalue weighted by molar-refractivity contribution is 7.89. The average molecular weight is 402 g/mol. The van der Waals surface area contributed by atoms with Gasteiger partial charge in [0.25, 0.3) is 10.0 Å². The molecule has 0 aliphatic carbocycles. The number of nitrogens with zero attached hydrogens (tertiary/aromatic N) is 3. The second-order valence-corrected chi connectivity index (χ2v) is 8.35. The van der Waals surface area contributed by atoms with E-state index in [0.29, 0.717) is 31.6 Å². The maximum atomic E-state index is 12.6. The number of hydrazone groups is 1. The Bertz CT molecular complexity index is 951. The topological polar surface area (TPSA) is 112 Å². The lowest BCUT2D eigenvalue weighted by Gasteiger charge is -2.30. The molecule has 0 atom stereocenters. The summed E-state index contributed by atoms with van der Waals surface area (Å²) in [6.45, 7) is 2.65. The summed E-state index contributed by atoms with van der Waals surface area (Å²) in [6.07, 6.45) is 3.43. The van der Waals surface area contributed by atoms with Gasteiger partial charge in [0.1, 0.15) is 0 Å². The molecule has 0 bridgehead atoms. The van der Waals surface area contributed by atoms with Gasteiger partial charge in [-0.05, 0) is 44.0 Å². The molecule has 0 saturated carbocycles. The minimum absolute atomic E-state index is 0.0567. The van der Waals surface area contributed by atoms with Crippen molar-refractivity contribution in [3.8, 4) is 0 Å². The van der Waals surface area contributed by atoms with Crippen LogP contribution in [-0.2, 0) is 10.0 Å². The number of sulfonamides is 1. The van der Waals surface area contributed by atoms with E-state index in [1.165, 1.54) is 17.0 Å². The fourth-order valence-corrected chi connectivity index (χ4v) is 3.96. The molecule has 1 aromatic heterocycles. The molecule has 1 aliphatic rings. The first kappa shape index (κ1) is 19.8. The smallest absolute Gasteiger partial charge is 0.407 e. The van der Waals surface area contributed by atoms with Crippen LogP contribution in [0.3, 0.4) is 0 Å². The summed E-state index contributed by atoms with van der Waals surface area (Å²) in [5.41, 5.74) is 2.31. The highest BCUT2D eigenvalue weighted by atomic mass is 32.2. The number of pyridine rings is 1. The fourth-order valence-electron chi connectivity index (χ4n) is 3.14. The number of piperidine rings is 1. The Balaban J connectivity index is 1.85. The van der Waals surface area contributed by atoms with Crippen molar-refractivity contribution < 1.29 is 18.3 Å². The number of aryl methyl sites for hydroxylation is 1. The van der Waals surface area contributed by atoms with E-state index in [1.807, 2.05) is 6.92 Å². The van der Waals surface area contributed by atoms with Crippen LogP contribution < -0.4 is 4.83 Å². The first-order valence-electron chi connectivity index (χ1n) is 8.91. The van der Waals surface area contributed by atoms with Crippen LogP contribution in [-0.4, -0.2) is 48.3 Å². The third-order valence-corrected chi connectivity index (χ3v) is 5.97. The fraction of sp³-hybridized carbons (Fsp3) is 0.316. The zero-order chi connectivity index (χ0) is 20.1. The van der Waals surface area contributed by atoms with E-state index in [2.05, 4.69) is 14.9 Å². The maximum Gasteiger partial charge on any atom is 0.407 e. The summed E-state index contributed by atoms with van der Waals surface area (Å²) in [6, 6.07) is 10.0. The van der Waals surface area contributed by atoms with E-state index in [4.69, 9.17) is 5.11 Å². The van der Waals surface area contributed by atoms with Crippen molar-refractivity contribution in [1.29, 1.82) is 0 Å². The minimum atomic E-state index is -3.80. The van der Waals surface area contributed by atoms with E-state index < -0.39 is 16.1 Å². The van der Waals surface area contributed by atoms with Gasteiger partial charge in [-0.3, -0.25) is 4.98 Å². The van der Waals surface area contributed by atoms with Gasteiger partial charge in [-0.15, -0.1) is 0 Å². The lowest BCUT2D eigenvalue weighted by atomic mass is 9.88. The summed E-state index contributed by atoms with van der Waals surface area (Å²) in [5.74, 6) is -0.0567. The van der Waals surface area contributed by atoms with Gasteiger partial charge in [-0.2, -0.15) is 18.4 Å². The SMILES string of the molecule is Cc1ccc(S(=O)(=O)NN=C(c2ccncc2)C2CCN(C(=O)O)CC2)cc1. The van der Waals surface area contributed by atoms with Crippen LogP contribution in [0, 0.1) is 12.8 Å². The molecule has 8 nitrogen and oxygen atoms in total. The minimum Gasteiger partial charge on any atom is -0.465 e. The number of carboxylic acid groups (broad SMARTS) is 1. The monoisotopic (exact) mass is 402 g/mol. The number of hydrogen-bond acceptors (Lipinski definition) is 5. The zero-order valence-corrected chi connectivity index (χ0v) is 16.3. The molecule has 9 heteroatoms. The number of aromatic nitrogens is 1. The Morgan fingerprint density at radius 2 is 1.75 bits per heavy atom. The predicted octanol–water partition coefficient (Wildman–Crippen LogP) is 2.46. The Morgan fingerprint density at radius 1 is 1.14 bits per heavy atom. The van der Waals surface area contributed by atoms with Crippen LogP contribution in [0.4, 0.5) is 4.79 Å². The summed E-state index contributed by atoms with van der Waals surface area (Å²) >= 11 is 0. The predicted molar refractivity (Wildman–Crippen MR) is 105 cm³/mol. The summed E-state index contributed by atoms with van der Waals surface area (Å²) < 4.78 is 25.2. The molecule has 3 rings (SSSR count). The number of carbonyl (C=O) groups is 1. The number of benzene rings is 1. The molecule has 2 aromatic rings. The molecular weight excluding hydrogens is 380 g/mol. The molecule has 1 aromatic carbocycles. The van der Waals surface area contributed by atoms with Crippen LogP contribution >= 0.6 is 0 Å². The standard InChI is InChI=1S/C19H22N4O4S/c1-14-2-4-17(5-3-14)28(26,27)22-21-18(15-6-10-20-11-7-15)16-8-12-23(13-9-16)19(24)25/h2-7,10-11,16,22H,8-9,12-13H2,1H3,(H,24,25). The lowest BCUT2D eigenvalue weighted by molar-refractivity contribution is 0.131. The molecule has 1 fully saturated rings. The average Bonchev–Trinajstić information content (AvgIpc) is 2.69. The largest absolute Gasteiger partial charge is 0.465 e. The van der Waals surface area contributed by atoms with Gasteiger partial charge in [0.05, 0.1) is 10.6 Å². The highest BCUT2D eigenvalue weighted by Crippen LogP contribution is 2.23. The third kappa shape index (κ3) is 4.66. The van der Waals surface area contributed by atoms with E-state index >= 15 is 0 Å². The maximum absolute atomic E-state index is 12.6. The number of hydrogen-bond donors (Lipinski definition) is 2. The molecule has 1 amide bonds. The zero-order valence-electron chi connectivity index (χ0n) is 15.4. The summed E-state index contributed by atoms with van der Waals surface area (Å²) in [5, 5.41) is 13.4. The van der Waals surface area contributed by atoms with Crippen LogP contribution in [0.2, 0.25) is 0 Å². The highest BCUT2D eigenvalue weighted by Gasteiger charge is 2.27. The number of amides is 1. The molecule has 1 saturated heterocycles. The van der Waals surface area contributed by atoms with E-state index in [-0.39, 0.29) is 10.8 Å². The molecule has 1 aliphatic heterocycles. The molecule has 0 spiro atoms. The third-order valence-electron chi connectivity index (χ3n) is 4.75. The van der Waals surface area contributed by atoms with Gasteiger partial charge in [-0.25, -0.2) is 4.79 Å². The van der Waals surface area contributed by atoms with E-state index in [1.54, 1.807) is 36.7 Å². The Labute approximate surface area is 164 Å². The van der Waals surface area contributed by atoms with Crippen molar-refractivity contribution in [2.45, 2.75) is 24.7 Å². The molecule has 2 heterocycles. The van der Waals surface area contributed by atoms with Crippen molar-refractivity contribution in [3.63, 3.8) is 0 Å². The van der Waals surface area contributed by atoms with Gasteiger partial charge in [0.15, 0.2) is 0 Å². The van der Waals surface area contributed by atoms with Crippen molar-refractivity contribution in [1.82, 2.24) is 14.7 Å². The van der Waals surface area contributed by atoms with E-state index in [0.717, 1.165) is 11.1 Å². The summed E-state index contributed by atoms with van der Waals surface area (Å²) in [7, 11) is -3.80. The second-order valence-electron chi connectivity index (χ2n) is 6.68. The Morgan fingerprint density at radius 3 is 2.32 bits per heavy atom. The van der Waals surface area contributed by atoms with Gasteiger partial charge in [0, 0.05) is 37.0 Å². The summed E-state index contributed by atoms with van der Waals surface area (Å²) in [4.78, 5) is 19.0. The first-order valence-corrected chi connectivity index (χ1v) is 10.4. The van der Waals surface area contributed by atoms with Gasteiger partial charge in [-0.1, -0.05) is 17.7 Å². The quantitative estimate of drug-likeness (QED) is 0.589. The molecule has 28 heavy (non-hydrogen) atoms. The normalized spacial score (nSPS) is 16.0. The number of nitrogens with one attached hydrogen (secondary N) is 1. The van der Waals surface area contributed by atoms with Gasteiger partial charge in [0.2, 0.25) is 0 Å². The number of rotatable bonds is 5. The number of likely N-dealkylation sites (tertiary alicyclic amines) is 1. The van der Waals surface area contributed by atoms with Crippen LogP contribution in [0.15, 0.2) is 58.8 Å². The van der Waals surface area contributed by atoms with Gasteiger partial charge < -0.3 is 10.0 Å². The van der Waals surface area contributed by atoms with Gasteiger partial charge >= 0.3 is 6.09 Å². The molecule has 0 unspecified atom stereocenters. The lowest BCUT2D eigenvalue weighted by Crippen LogP contribution is -2.40. The Hall–Kier alpha value is -2.94. The molecule has 0 radical (unpaired) electrons. The van der Waals surface area contributed by atoms with Crippen molar-refractivity contribution in [3.05, 3.63) is 59.9 Å². The second kappa shape index (κ2) is 8.39. The molecule has 2 N–H and O–H groups in total. The van der Waals surface area contributed by atoms with Crippen molar-refractivity contribution in [2.24, 2.45) is 11.0 Å². The van der Waals surface area contributed by atoms with Crippen molar-refractivity contribution >= 4 is 21.8 Å². The van der Waals surface area contributed by atoms with Crippen LogP contribution in [0.1, 0.15) is 24.0 Å². The first-order chi connectivity index (χ1) is 13.4.